The number of hydrazine groups is 2. The lowest BCUT2D eigenvalue weighted by Gasteiger charge is -2.22. The standard InChI is InChI=1S/C17H24N4O2S2/c1-11-8-19-21(25-11)20-17(22)16-6-13(10-24-16)14-7-15(14)18-9-12-2-4-23-5-3-12/h6,8,10,12,14-15,18-19H,2-5,7,9H2,1H3,(H,20,22)/t14-,15+/m0/s1. The van der Waals surface area contributed by atoms with Gasteiger partial charge in [-0.05, 0) is 67.6 Å². The quantitative estimate of drug-likeness (QED) is 0.660. The fraction of sp³-hybridized carbons (Fsp3) is 0.588. The van der Waals surface area contributed by atoms with Crippen LogP contribution < -0.4 is 16.2 Å². The van der Waals surface area contributed by atoms with Crippen molar-refractivity contribution in [3.05, 3.63) is 33.0 Å². The maximum Gasteiger partial charge on any atom is 0.277 e. The lowest BCUT2D eigenvalue weighted by molar-refractivity contribution is 0.0662. The van der Waals surface area contributed by atoms with Crippen molar-refractivity contribution in [2.75, 3.05) is 19.8 Å². The average molecular weight is 381 g/mol. The number of carbonyl (C=O) groups excluding carboxylic acids is 1. The SMILES string of the molecule is CC1=CNN(NC(=O)c2cc([C@@H]3C[C@H]3NCC3CCOCC3)cs2)S1. The zero-order chi connectivity index (χ0) is 17.2. The Morgan fingerprint density at radius 1 is 1.44 bits per heavy atom. The van der Waals surface area contributed by atoms with Gasteiger partial charge in [0.05, 0.1) is 4.88 Å². The largest absolute Gasteiger partial charge is 0.381 e. The minimum absolute atomic E-state index is 0.0632. The first-order valence-electron chi connectivity index (χ1n) is 8.80. The highest BCUT2D eigenvalue weighted by Crippen LogP contribution is 2.42. The number of hydrogen-bond donors (Lipinski definition) is 3. The lowest BCUT2D eigenvalue weighted by Crippen LogP contribution is -2.41. The molecule has 0 unspecified atom stereocenters. The van der Waals surface area contributed by atoms with Crippen molar-refractivity contribution in [2.45, 2.75) is 38.1 Å². The van der Waals surface area contributed by atoms with Gasteiger partial charge < -0.3 is 10.1 Å². The van der Waals surface area contributed by atoms with Crippen molar-refractivity contribution < 1.29 is 9.53 Å². The Balaban J connectivity index is 1.24. The predicted octanol–water partition coefficient (Wildman–Crippen LogP) is 2.59. The van der Waals surface area contributed by atoms with Crippen molar-refractivity contribution in [1.29, 1.82) is 0 Å². The molecule has 2 atom stereocenters. The van der Waals surface area contributed by atoms with Gasteiger partial charge in [-0.25, -0.2) is 0 Å². The molecular weight excluding hydrogens is 356 g/mol. The van der Waals surface area contributed by atoms with Crippen LogP contribution in [0, 0.1) is 5.92 Å². The Hall–Kier alpha value is -1.06. The van der Waals surface area contributed by atoms with E-state index in [0.29, 0.717) is 12.0 Å². The van der Waals surface area contributed by atoms with Crippen LogP contribution in [0.1, 0.15) is 47.3 Å². The van der Waals surface area contributed by atoms with E-state index >= 15 is 0 Å². The van der Waals surface area contributed by atoms with Gasteiger partial charge >= 0.3 is 0 Å². The third-order valence-corrected chi connectivity index (χ3v) is 6.63. The van der Waals surface area contributed by atoms with E-state index in [2.05, 4.69) is 21.5 Å². The number of ether oxygens (including phenoxy) is 1. The lowest BCUT2D eigenvalue weighted by atomic mass is 10.0. The molecule has 3 N–H and O–H groups in total. The van der Waals surface area contributed by atoms with Crippen LogP contribution in [0.4, 0.5) is 0 Å². The Morgan fingerprint density at radius 3 is 3.04 bits per heavy atom. The van der Waals surface area contributed by atoms with Crippen molar-refractivity contribution in [3.63, 3.8) is 0 Å². The molecule has 2 aliphatic heterocycles. The summed E-state index contributed by atoms with van der Waals surface area (Å²) in [5.74, 6) is 1.24. The molecule has 6 nitrogen and oxygen atoms in total. The fourth-order valence-corrected chi connectivity index (χ4v) is 4.76. The topological polar surface area (TPSA) is 65.6 Å². The summed E-state index contributed by atoms with van der Waals surface area (Å²) in [6.45, 7) is 4.89. The molecule has 0 spiro atoms. The van der Waals surface area contributed by atoms with Crippen LogP contribution in [0.25, 0.3) is 0 Å². The van der Waals surface area contributed by atoms with Crippen LogP contribution in [0.15, 0.2) is 22.6 Å². The molecule has 0 radical (unpaired) electrons. The van der Waals surface area contributed by atoms with E-state index in [1.54, 1.807) is 4.52 Å². The summed E-state index contributed by atoms with van der Waals surface area (Å²) in [5, 5.41) is 5.83. The zero-order valence-electron chi connectivity index (χ0n) is 14.3. The monoisotopic (exact) mass is 380 g/mol. The van der Waals surface area contributed by atoms with Gasteiger partial charge in [-0.2, -0.15) is 0 Å². The summed E-state index contributed by atoms with van der Waals surface area (Å²) in [7, 11) is 0. The molecule has 8 heteroatoms. The maximum atomic E-state index is 12.3. The molecule has 2 fully saturated rings. The van der Waals surface area contributed by atoms with Crippen LogP contribution in [0.5, 0.6) is 0 Å². The molecule has 4 rings (SSSR count). The van der Waals surface area contributed by atoms with Crippen LogP contribution in [-0.2, 0) is 4.74 Å². The molecule has 25 heavy (non-hydrogen) atoms. The number of rotatable bonds is 6. The summed E-state index contributed by atoms with van der Waals surface area (Å²) in [6.07, 6.45) is 5.38. The highest BCUT2D eigenvalue weighted by molar-refractivity contribution is 8.00. The van der Waals surface area contributed by atoms with Gasteiger partial charge in [0, 0.05) is 36.3 Å². The average Bonchev–Trinajstić information content (AvgIpc) is 3.02. The van der Waals surface area contributed by atoms with E-state index in [0.717, 1.165) is 35.5 Å². The van der Waals surface area contributed by atoms with Gasteiger partial charge in [0.15, 0.2) is 0 Å². The Kier molecular flexibility index (Phi) is 5.33. The third-order valence-electron chi connectivity index (χ3n) is 4.90. The molecule has 1 saturated carbocycles. The maximum absolute atomic E-state index is 12.3. The molecular formula is C17H24N4O2S2. The van der Waals surface area contributed by atoms with Crippen molar-refractivity contribution in [1.82, 2.24) is 20.7 Å². The fourth-order valence-electron chi connectivity index (χ4n) is 3.27. The Morgan fingerprint density at radius 2 is 2.28 bits per heavy atom. The first-order chi connectivity index (χ1) is 12.2. The smallest absolute Gasteiger partial charge is 0.277 e. The minimum atomic E-state index is -0.0632. The van der Waals surface area contributed by atoms with Crippen molar-refractivity contribution >= 4 is 29.2 Å². The van der Waals surface area contributed by atoms with Crippen LogP contribution >= 0.6 is 23.3 Å². The molecule has 3 heterocycles. The van der Waals surface area contributed by atoms with E-state index < -0.39 is 0 Å². The number of amides is 1. The third kappa shape index (κ3) is 4.38. The summed E-state index contributed by atoms with van der Waals surface area (Å²) < 4.78 is 7.05. The predicted molar refractivity (Wildman–Crippen MR) is 101 cm³/mol. The molecule has 1 amide bonds. The van der Waals surface area contributed by atoms with Gasteiger partial charge in [0.1, 0.15) is 0 Å². The zero-order valence-corrected chi connectivity index (χ0v) is 15.9. The molecule has 1 saturated heterocycles. The summed E-state index contributed by atoms with van der Waals surface area (Å²) in [4.78, 5) is 14.2. The Bertz CT molecular complexity index is 657. The van der Waals surface area contributed by atoms with E-state index in [9.17, 15) is 4.79 Å². The molecule has 1 aromatic heterocycles. The molecule has 3 aliphatic rings. The van der Waals surface area contributed by atoms with Crippen molar-refractivity contribution in [2.24, 2.45) is 5.92 Å². The molecule has 0 bridgehead atoms. The number of carbonyl (C=O) groups is 1. The van der Waals surface area contributed by atoms with Crippen molar-refractivity contribution in [3.8, 4) is 0 Å². The van der Waals surface area contributed by atoms with Gasteiger partial charge in [0.2, 0.25) is 0 Å². The van der Waals surface area contributed by atoms with E-state index in [4.69, 9.17) is 4.74 Å². The highest BCUT2D eigenvalue weighted by Gasteiger charge is 2.39. The van der Waals surface area contributed by atoms with Gasteiger partial charge in [-0.15, -0.1) is 11.3 Å². The number of allylic oxidation sites excluding steroid dienone is 1. The van der Waals surface area contributed by atoms with E-state index in [-0.39, 0.29) is 5.91 Å². The second kappa shape index (κ2) is 7.67. The number of nitrogens with one attached hydrogen (secondary N) is 3. The second-order valence-corrected chi connectivity index (χ2v) is 8.97. The van der Waals surface area contributed by atoms with E-state index in [1.165, 1.54) is 48.1 Å². The summed E-state index contributed by atoms with van der Waals surface area (Å²) in [5.41, 5.74) is 7.13. The molecule has 136 valence electrons. The summed E-state index contributed by atoms with van der Waals surface area (Å²) in [6, 6.07) is 2.61. The summed E-state index contributed by atoms with van der Waals surface area (Å²) >= 11 is 2.99. The number of nitrogens with zero attached hydrogens (tertiary/aromatic N) is 1. The molecule has 0 aromatic carbocycles. The Labute approximate surface area is 156 Å². The van der Waals surface area contributed by atoms with Gasteiger partial charge in [-0.1, -0.05) is 4.52 Å². The number of thiophene rings is 1. The highest BCUT2D eigenvalue weighted by atomic mass is 32.2. The molecule has 1 aliphatic carbocycles. The van der Waals surface area contributed by atoms with Crippen LogP contribution in [-0.4, -0.2) is 36.2 Å². The van der Waals surface area contributed by atoms with Gasteiger partial charge in [0.25, 0.3) is 5.91 Å². The number of hydrogen-bond acceptors (Lipinski definition) is 7. The van der Waals surface area contributed by atoms with E-state index in [1.807, 2.05) is 19.2 Å². The first kappa shape index (κ1) is 17.4. The first-order valence-corrected chi connectivity index (χ1v) is 10.5. The normalized spacial score (nSPS) is 27.0. The molecule has 1 aromatic rings. The second-order valence-electron chi connectivity index (χ2n) is 6.87. The van der Waals surface area contributed by atoms with Crippen LogP contribution in [0.2, 0.25) is 0 Å². The minimum Gasteiger partial charge on any atom is -0.381 e. The van der Waals surface area contributed by atoms with Gasteiger partial charge in [-0.3, -0.25) is 15.6 Å². The van der Waals surface area contributed by atoms with Crippen LogP contribution in [0.3, 0.4) is 0 Å².